The van der Waals surface area contributed by atoms with Gasteiger partial charge in [-0.25, -0.2) is 4.98 Å². The largest absolute Gasteiger partial charge is 0.448 e. The maximum absolute atomic E-state index is 5.85. The van der Waals surface area contributed by atoms with E-state index in [1.54, 1.807) is 6.20 Å². The van der Waals surface area contributed by atoms with Gasteiger partial charge in [0.15, 0.2) is 11.3 Å². The molecule has 0 N–H and O–H groups in total. The molecule has 3 heterocycles. The van der Waals surface area contributed by atoms with Crippen LogP contribution in [0, 0.1) is 0 Å². The number of oxazole rings is 1. The molecular weight excluding hydrogens is 332 g/mol. The van der Waals surface area contributed by atoms with Crippen molar-refractivity contribution in [1.29, 1.82) is 0 Å². The van der Waals surface area contributed by atoms with E-state index in [9.17, 15) is 0 Å². The summed E-state index contributed by atoms with van der Waals surface area (Å²) < 4.78 is 12.4. The molecule has 0 aliphatic heterocycles. The van der Waals surface area contributed by atoms with E-state index < -0.39 is 0 Å². The molecule has 0 unspecified atom stereocenters. The number of halogens is 1. The van der Waals surface area contributed by atoms with Crippen LogP contribution in [0.5, 0.6) is 0 Å². The zero-order chi connectivity index (χ0) is 14.2. The molecule has 4 rings (SSSR count). The lowest BCUT2D eigenvalue weighted by atomic mass is 10.3. The molecule has 102 valence electrons. The Hall–Kier alpha value is -2.40. The third-order valence-corrected chi connectivity index (χ3v) is 3.68. The lowest BCUT2D eigenvalue weighted by molar-refractivity contribution is 0.541. The Morgan fingerprint density at radius 3 is 2.62 bits per heavy atom. The minimum atomic E-state index is 0.449. The third kappa shape index (κ3) is 2.15. The standard InChI is InChI=1S/C16H9BrN2O2/c17-10-9-14(11-5-3-4-8-18-11)20-15(10)16-19-12-6-1-2-7-13(12)21-16/h1-9H. The summed E-state index contributed by atoms with van der Waals surface area (Å²) in [4.78, 5) is 8.71. The van der Waals surface area contributed by atoms with E-state index in [0.29, 0.717) is 17.4 Å². The monoisotopic (exact) mass is 340 g/mol. The molecular formula is C16H9BrN2O2. The number of benzene rings is 1. The molecule has 0 fully saturated rings. The van der Waals surface area contributed by atoms with Gasteiger partial charge in [-0.2, -0.15) is 0 Å². The fraction of sp³-hybridized carbons (Fsp3) is 0. The number of para-hydroxylation sites is 2. The Morgan fingerprint density at radius 1 is 0.952 bits per heavy atom. The summed E-state index contributed by atoms with van der Waals surface area (Å²) in [6.45, 7) is 0. The van der Waals surface area contributed by atoms with Crippen molar-refractivity contribution in [2.45, 2.75) is 0 Å². The van der Waals surface area contributed by atoms with Crippen molar-refractivity contribution < 1.29 is 8.83 Å². The molecule has 0 aliphatic carbocycles. The minimum Gasteiger partial charge on any atom is -0.448 e. The summed E-state index contributed by atoms with van der Waals surface area (Å²) in [6.07, 6.45) is 1.73. The van der Waals surface area contributed by atoms with Crippen LogP contribution in [0.1, 0.15) is 0 Å². The quantitative estimate of drug-likeness (QED) is 0.520. The second-order valence-corrected chi connectivity index (χ2v) is 5.34. The summed E-state index contributed by atoms with van der Waals surface area (Å²) in [6, 6.07) is 15.1. The molecule has 0 amide bonds. The van der Waals surface area contributed by atoms with E-state index in [0.717, 1.165) is 21.3 Å². The number of rotatable bonds is 2. The fourth-order valence-corrected chi connectivity index (χ4v) is 2.58. The highest BCUT2D eigenvalue weighted by Crippen LogP contribution is 2.36. The zero-order valence-electron chi connectivity index (χ0n) is 10.8. The summed E-state index contributed by atoms with van der Waals surface area (Å²) in [5.41, 5.74) is 2.30. The minimum absolute atomic E-state index is 0.449. The molecule has 0 spiro atoms. The molecule has 5 heteroatoms. The molecule has 4 aromatic rings. The molecule has 0 aliphatic rings. The molecule has 0 atom stereocenters. The van der Waals surface area contributed by atoms with Gasteiger partial charge in [-0.05, 0) is 40.2 Å². The maximum Gasteiger partial charge on any atom is 0.265 e. The highest BCUT2D eigenvalue weighted by molar-refractivity contribution is 9.10. The van der Waals surface area contributed by atoms with Crippen LogP contribution in [-0.4, -0.2) is 9.97 Å². The van der Waals surface area contributed by atoms with Crippen LogP contribution in [0.25, 0.3) is 34.2 Å². The van der Waals surface area contributed by atoms with Gasteiger partial charge in [-0.3, -0.25) is 4.98 Å². The van der Waals surface area contributed by atoms with Crippen molar-refractivity contribution >= 4 is 27.0 Å². The average Bonchev–Trinajstić information content (AvgIpc) is 3.11. The summed E-state index contributed by atoms with van der Waals surface area (Å²) >= 11 is 3.49. The van der Waals surface area contributed by atoms with Crippen LogP contribution >= 0.6 is 15.9 Å². The number of pyridine rings is 1. The van der Waals surface area contributed by atoms with Gasteiger partial charge in [-0.1, -0.05) is 18.2 Å². The highest BCUT2D eigenvalue weighted by atomic mass is 79.9. The van der Waals surface area contributed by atoms with Crippen molar-refractivity contribution in [3.63, 3.8) is 0 Å². The Balaban J connectivity index is 1.84. The van der Waals surface area contributed by atoms with Gasteiger partial charge < -0.3 is 8.83 Å². The van der Waals surface area contributed by atoms with Crippen molar-refractivity contribution in [2.24, 2.45) is 0 Å². The van der Waals surface area contributed by atoms with E-state index in [-0.39, 0.29) is 0 Å². The van der Waals surface area contributed by atoms with Gasteiger partial charge in [0.1, 0.15) is 11.2 Å². The number of fused-ring (bicyclic) bond motifs is 1. The van der Waals surface area contributed by atoms with E-state index in [1.165, 1.54) is 0 Å². The van der Waals surface area contributed by atoms with E-state index in [2.05, 4.69) is 25.9 Å². The Bertz CT molecular complexity index is 879. The van der Waals surface area contributed by atoms with Gasteiger partial charge in [0.25, 0.3) is 5.89 Å². The van der Waals surface area contributed by atoms with E-state index >= 15 is 0 Å². The first-order valence-electron chi connectivity index (χ1n) is 6.38. The number of hydrogen-bond acceptors (Lipinski definition) is 4. The molecule has 0 saturated carbocycles. The maximum atomic E-state index is 5.85. The van der Waals surface area contributed by atoms with Crippen molar-refractivity contribution in [1.82, 2.24) is 9.97 Å². The van der Waals surface area contributed by atoms with Gasteiger partial charge in [0.05, 0.1) is 4.47 Å². The summed E-state index contributed by atoms with van der Waals surface area (Å²) in [7, 11) is 0. The molecule has 0 radical (unpaired) electrons. The SMILES string of the molecule is Brc1cc(-c2ccccn2)oc1-c1nc2ccccc2o1. The Kier molecular flexibility index (Phi) is 2.86. The molecule has 1 aromatic carbocycles. The van der Waals surface area contributed by atoms with Crippen LogP contribution in [0.4, 0.5) is 0 Å². The van der Waals surface area contributed by atoms with Crippen molar-refractivity contribution in [2.75, 3.05) is 0 Å². The van der Waals surface area contributed by atoms with Crippen LogP contribution < -0.4 is 0 Å². The van der Waals surface area contributed by atoms with Gasteiger partial charge in [-0.15, -0.1) is 0 Å². The fourth-order valence-electron chi connectivity index (χ4n) is 2.12. The lowest BCUT2D eigenvalue weighted by Crippen LogP contribution is -1.77. The first-order chi connectivity index (χ1) is 10.3. The van der Waals surface area contributed by atoms with Gasteiger partial charge in [0, 0.05) is 12.3 Å². The van der Waals surface area contributed by atoms with Crippen LogP contribution in [0.15, 0.2) is 68.0 Å². The first-order valence-corrected chi connectivity index (χ1v) is 7.17. The topological polar surface area (TPSA) is 52.1 Å². The second kappa shape index (κ2) is 4.86. The number of aromatic nitrogens is 2. The van der Waals surface area contributed by atoms with Gasteiger partial charge in [0.2, 0.25) is 5.76 Å². The summed E-state index contributed by atoms with van der Waals surface area (Å²) in [5.74, 6) is 1.68. The highest BCUT2D eigenvalue weighted by Gasteiger charge is 2.18. The Labute approximate surface area is 128 Å². The molecule has 3 aromatic heterocycles. The van der Waals surface area contributed by atoms with Crippen LogP contribution in [0.2, 0.25) is 0 Å². The number of furan rings is 1. The van der Waals surface area contributed by atoms with Crippen LogP contribution in [0.3, 0.4) is 0 Å². The molecule has 21 heavy (non-hydrogen) atoms. The average molecular weight is 341 g/mol. The van der Waals surface area contributed by atoms with Crippen LogP contribution in [-0.2, 0) is 0 Å². The Morgan fingerprint density at radius 2 is 1.81 bits per heavy atom. The zero-order valence-corrected chi connectivity index (χ0v) is 12.4. The van der Waals surface area contributed by atoms with Crippen molar-refractivity contribution in [3.05, 3.63) is 59.2 Å². The van der Waals surface area contributed by atoms with E-state index in [1.807, 2.05) is 48.5 Å². The molecule has 4 nitrogen and oxygen atoms in total. The van der Waals surface area contributed by atoms with Crippen molar-refractivity contribution in [3.8, 4) is 23.1 Å². The normalized spacial score (nSPS) is 11.1. The lowest BCUT2D eigenvalue weighted by Gasteiger charge is -1.93. The third-order valence-electron chi connectivity index (χ3n) is 3.09. The summed E-state index contributed by atoms with van der Waals surface area (Å²) in [5, 5.41) is 0. The first kappa shape index (κ1) is 12.3. The second-order valence-electron chi connectivity index (χ2n) is 4.49. The molecule has 0 saturated heterocycles. The number of nitrogens with zero attached hydrogens (tertiary/aromatic N) is 2. The molecule has 0 bridgehead atoms. The predicted octanol–water partition coefficient (Wildman–Crippen LogP) is 4.91. The smallest absolute Gasteiger partial charge is 0.265 e. The number of hydrogen-bond donors (Lipinski definition) is 0. The predicted molar refractivity (Wildman–Crippen MR) is 82.6 cm³/mol. The van der Waals surface area contributed by atoms with Gasteiger partial charge >= 0.3 is 0 Å². The van der Waals surface area contributed by atoms with E-state index in [4.69, 9.17) is 8.83 Å².